The Morgan fingerprint density at radius 3 is 2.29 bits per heavy atom. The third kappa shape index (κ3) is 3.76. The molecular formula is C18H24N2O. The Bertz CT molecular complexity index is 602. The first-order chi connectivity index (χ1) is 10.0. The molecule has 112 valence electrons. The summed E-state index contributed by atoms with van der Waals surface area (Å²) in [6, 6.07) is 12.7. The van der Waals surface area contributed by atoms with Crippen molar-refractivity contribution >= 4 is 5.69 Å². The topological polar surface area (TPSA) is 38.5 Å². The van der Waals surface area contributed by atoms with Gasteiger partial charge in [-0.1, -0.05) is 12.1 Å². The van der Waals surface area contributed by atoms with Crippen LogP contribution in [-0.4, -0.2) is 14.2 Å². The van der Waals surface area contributed by atoms with Gasteiger partial charge in [0.25, 0.3) is 0 Å². The summed E-state index contributed by atoms with van der Waals surface area (Å²) in [6.07, 6.45) is 0. The average molecular weight is 284 g/mol. The van der Waals surface area contributed by atoms with E-state index in [4.69, 9.17) is 10.5 Å². The Labute approximate surface area is 127 Å². The minimum atomic E-state index is 0.546. The zero-order valence-electron chi connectivity index (χ0n) is 13.3. The smallest absolute Gasteiger partial charge is 0.123 e. The summed E-state index contributed by atoms with van der Waals surface area (Å²) in [5, 5.41) is 0. The molecule has 0 saturated heterocycles. The molecule has 0 atom stereocenters. The molecule has 0 amide bonds. The number of rotatable bonds is 5. The van der Waals surface area contributed by atoms with Crippen LogP contribution in [-0.2, 0) is 13.1 Å². The lowest BCUT2D eigenvalue weighted by Crippen LogP contribution is -2.17. The molecule has 2 aromatic rings. The van der Waals surface area contributed by atoms with Gasteiger partial charge < -0.3 is 15.4 Å². The van der Waals surface area contributed by atoms with E-state index >= 15 is 0 Å². The Kier molecular flexibility index (Phi) is 4.86. The van der Waals surface area contributed by atoms with E-state index in [0.29, 0.717) is 6.54 Å². The van der Waals surface area contributed by atoms with Gasteiger partial charge in [0.05, 0.1) is 7.11 Å². The summed E-state index contributed by atoms with van der Waals surface area (Å²) < 4.78 is 5.46. The highest BCUT2D eigenvalue weighted by Crippen LogP contribution is 2.25. The Morgan fingerprint density at radius 1 is 1.05 bits per heavy atom. The van der Waals surface area contributed by atoms with Gasteiger partial charge in [-0.2, -0.15) is 0 Å². The van der Waals surface area contributed by atoms with Crippen molar-refractivity contribution in [2.45, 2.75) is 26.9 Å². The molecule has 2 rings (SSSR count). The van der Waals surface area contributed by atoms with E-state index in [0.717, 1.165) is 23.4 Å². The van der Waals surface area contributed by atoms with Gasteiger partial charge >= 0.3 is 0 Å². The van der Waals surface area contributed by atoms with E-state index < -0.39 is 0 Å². The highest BCUT2D eigenvalue weighted by atomic mass is 16.5. The molecule has 3 heteroatoms. The van der Waals surface area contributed by atoms with Crippen LogP contribution in [0, 0.1) is 13.8 Å². The normalized spacial score (nSPS) is 10.5. The van der Waals surface area contributed by atoms with Gasteiger partial charge in [0, 0.05) is 31.4 Å². The van der Waals surface area contributed by atoms with Gasteiger partial charge in [-0.25, -0.2) is 0 Å². The fourth-order valence-electron chi connectivity index (χ4n) is 2.60. The first-order valence-corrected chi connectivity index (χ1v) is 7.18. The molecule has 0 fully saturated rings. The third-order valence-corrected chi connectivity index (χ3v) is 3.64. The molecule has 3 nitrogen and oxygen atoms in total. The number of hydrogen-bond acceptors (Lipinski definition) is 3. The summed E-state index contributed by atoms with van der Waals surface area (Å²) in [6.45, 7) is 5.59. The van der Waals surface area contributed by atoms with Gasteiger partial charge in [-0.15, -0.1) is 0 Å². The summed E-state index contributed by atoms with van der Waals surface area (Å²) in [5.74, 6) is 0.906. The fourth-order valence-corrected chi connectivity index (χ4v) is 2.60. The molecule has 2 aromatic carbocycles. The molecule has 0 aromatic heterocycles. The second-order valence-corrected chi connectivity index (χ2v) is 5.55. The van der Waals surface area contributed by atoms with Crippen LogP contribution < -0.4 is 15.4 Å². The predicted octanol–water partition coefficient (Wildman–Crippen LogP) is 3.41. The Morgan fingerprint density at radius 2 is 1.71 bits per heavy atom. The van der Waals surface area contributed by atoms with E-state index in [9.17, 15) is 0 Å². The number of benzene rings is 2. The van der Waals surface area contributed by atoms with Crippen LogP contribution in [0.2, 0.25) is 0 Å². The highest BCUT2D eigenvalue weighted by molar-refractivity contribution is 5.51. The van der Waals surface area contributed by atoms with Crippen molar-refractivity contribution in [3.63, 3.8) is 0 Å². The van der Waals surface area contributed by atoms with E-state index in [1.54, 1.807) is 7.11 Å². The van der Waals surface area contributed by atoms with Crippen LogP contribution in [0.25, 0.3) is 0 Å². The van der Waals surface area contributed by atoms with Gasteiger partial charge in [0.2, 0.25) is 0 Å². The van der Waals surface area contributed by atoms with E-state index in [1.165, 1.54) is 16.8 Å². The standard InChI is InChI=1S/C18H24N2O/c1-13-7-14(2)9-17(8-13)20(3)12-16-10-15(11-19)5-6-18(16)21-4/h5-10H,11-12,19H2,1-4H3. The highest BCUT2D eigenvalue weighted by Gasteiger charge is 2.09. The zero-order valence-corrected chi connectivity index (χ0v) is 13.3. The molecule has 0 aliphatic rings. The number of anilines is 1. The number of nitrogens with two attached hydrogens (primary N) is 1. The van der Waals surface area contributed by atoms with Crippen molar-refractivity contribution in [2.24, 2.45) is 5.73 Å². The molecule has 0 bridgehead atoms. The van der Waals surface area contributed by atoms with Crippen molar-refractivity contribution in [3.8, 4) is 5.75 Å². The maximum absolute atomic E-state index is 5.74. The fraction of sp³-hybridized carbons (Fsp3) is 0.333. The molecule has 2 N–H and O–H groups in total. The monoisotopic (exact) mass is 284 g/mol. The predicted molar refractivity (Wildman–Crippen MR) is 88.9 cm³/mol. The maximum Gasteiger partial charge on any atom is 0.123 e. The molecular weight excluding hydrogens is 260 g/mol. The summed E-state index contributed by atoms with van der Waals surface area (Å²) in [4.78, 5) is 2.23. The summed E-state index contributed by atoms with van der Waals surface area (Å²) in [7, 11) is 3.81. The van der Waals surface area contributed by atoms with Crippen molar-refractivity contribution in [1.82, 2.24) is 0 Å². The second-order valence-electron chi connectivity index (χ2n) is 5.55. The number of ether oxygens (including phenoxy) is 1. The molecule has 0 aliphatic heterocycles. The average Bonchev–Trinajstić information content (AvgIpc) is 2.46. The summed E-state index contributed by atoms with van der Waals surface area (Å²) in [5.41, 5.74) is 11.8. The third-order valence-electron chi connectivity index (χ3n) is 3.64. The van der Waals surface area contributed by atoms with Crippen LogP contribution in [0.1, 0.15) is 22.3 Å². The van der Waals surface area contributed by atoms with Gasteiger partial charge in [-0.3, -0.25) is 0 Å². The molecule has 0 radical (unpaired) electrons. The lowest BCUT2D eigenvalue weighted by molar-refractivity contribution is 0.409. The molecule has 0 spiro atoms. The number of nitrogens with zero attached hydrogens (tertiary/aromatic N) is 1. The first kappa shape index (κ1) is 15.4. The first-order valence-electron chi connectivity index (χ1n) is 7.18. The van der Waals surface area contributed by atoms with Crippen LogP contribution in [0.15, 0.2) is 36.4 Å². The van der Waals surface area contributed by atoms with Crippen LogP contribution in [0.3, 0.4) is 0 Å². The van der Waals surface area contributed by atoms with E-state index in [2.05, 4.69) is 50.1 Å². The molecule has 0 aliphatic carbocycles. The van der Waals surface area contributed by atoms with Crippen molar-refractivity contribution in [2.75, 3.05) is 19.1 Å². The SMILES string of the molecule is COc1ccc(CN)cc1CN(C)c1cc(C)cc(C)c1. The van der Waals surface area contributed by atoms with Crippen molar-refractivity contribution in [3.05, 3.63) is 58.7 Å². The lowest BCUT2D eigenvalue weighted by atomic mass is 10.1. The largest absolute Gasteiger partial charge is 0.496 e. The van der Waals surface area contributed by atoms with E-state index in [1.807, 2.05) is 12.1 Å². The van der Waals surface area contributed by atoms with Crippen LogP contribution >= 0.6 is 0 Å². The molecule has 0 heterocycles. The maximum atomic E-state index is 5.74. The molecule has 0 unspecified atom stereocenters. The van der Waals surface area contributed by atoms with Crippen molar-refractivity contribution < 1.29 is 4.74 Å². The number of methoxy groups -OCH3 is 1. The minimum absolute atomic E-state index is 0.546. The van der Waals surface area contributed by atoms with Gasteiger partial charge in [-0.05, 0) is 54.8 Å². The Balaban J connectivity index is 2.27. The minimum Gasteiger partial charge on any atom is -0.496 e. The van der Waals surface area contributed by atoms with Gasteiger partial charge in [0.15, 0.2) is 0 Å². The Hall–Kier alpha value is -2.00. The molecule has 0 saturated carbocycles. The van der Waals surface area contributed by atoms with Crippen LogP contribution in [0.5, 0.6) is 5.75 Å². The lowest BCUT2D eigenvalue weighted by Gasteiger charge is -2.22. The second kappa shape index (κ2) is 6.64. The zero-order chi connectivity index (χ0) is 15.4. The van der Waals surface area contributed by atoms with Gasteiger partial charge in [0.1, 0.15) is 5.75 Å². The molecule has 21 heavy (non-hydrogen) atoms. The van der Waals surface area contributed by atoms with E-state index in [-0.39, 0.29) is 0 Å². The summed E-state index contributed by atoms with van der Waals surface area (Å²) >= 11 is 0. The van der Waals surface area contributed by atoms with Crippen LogP contribution in [0.4, 0.5) is 5.69 Å². The quantitative estimate of drug-likeness (QED) is 0.914. The number of hydrogen-bond donors (Lipinski definition) is 1. The van der Waals surface area contributed by atoms with Crippen molar-refractivity contribution in [1.29, 1.82) is 0 Å². The number of aryl methyl sites for hydroxylation is 2.